The van der Waals surface area contributed by atoms with Crippen molar-refractivity contribution in [3.8, 4) is 11.1 Å². The Balaban J connectivity index is 1.63. The number of rotatable bonds is 9. The Morgan fingerprint density at radius 2 is 2.05 bits per heavy atom. The van der Waals surface area contributed by atoms with Crippen LogP contribution in [0.1, 0.15) is 37.0 Å². The van der Waals surface area contributed by atoms with Gasteiger partial charge >= 0.3 is 6.09 Å². The van der Waals surface area contributed by atoms with E-state index in [1.165, 1.54) is 5.56 Å². The zero-order valence-electron chi connectivity index (χ0n) is 21.5. The molecule has 2 fully saturated rings. The molecule has 1 heterocycles. The molecule has 1 aliphatic carbocycles. The molecule has 2 aliphatic rings. The second kappa shape index (κ2) is 12.9. The molecule has 5 atom stereocenters. The maximum absolute atomic E-state index is 13.3. The van der Waals surface area contributed by atoms with Crippen molar-refractivity contribution in [1.29, 1.82) is 0 Å². The number of aliphatic hydroxyl groups is 1. The van der Waals surface area contributed by atoms with E-state index >= 15 is 0 Å². The largest absolute Gasteiger partial charge is 0.465 e. The van der Waals surface area contributed by atoms with Crippen LogP contribution in [0.2, 0.25) is 5.02 Å². The smallest absolute Gasteiger partial charge is 0.404 e. The minimum Gasteiger partial charge on any atom is -0.465 e. The van der Waals surface area contributed by atoms with Gasteiger partial charge < -0.3 is 35.6 Å². The number of morpholine rings is 1. The molecule has 0 radical (unpaired) electrons. The summed E-state index contributed by atoms with van der Waals surface area (Å²) in [4.78, 5) is 26.0. The number of nitrogens with two attached hydrogens (primary N) is 1. The van der Waals surface area contributed by atoms with Crippen LogP contribution in [0.25, 0.3) is 11.1 Å². The van der Waals surface area contributed by atoms with Gasteiger partial charge in [-0.2, -0.15) is 0 Å². The van der Waals surface area contributed by atoms with Gasteiger partial charge in [0.1, 0.15) is 12.2 Å². The van der Waals surface area contributed by atoms with Gasteiger partial charge in [0.2, 0.25) is 5.91 Å². The number of hydrogen-bond acceptors (Lipinski definition) is 6. The van der Waals surface area contributed by atoms with Gasteiger partial charge in [0.05, 0.1) is 19.3 Å². The molecule has 2 aromatic carbocycles. The average Bonchev–Trinajstić information content (AvgIpc) is 3.26. The second-order valence-corrected chi connectivity index (χ2v) is 10.3. The zero-order valence-corrected chi connectivity index (χ0v) is 22.3. The van der Waals surface area contributed by atoms with Gasteiger partial charge in [-0.3, -0.25) is 4.79 Å². The Morgan fingerprint density at radius 1 is 1.26 bits per heavy atom. The Kier molecular flexibility index (Phi) is 9.62. The summed E-state index contributed by atoms with van der Waals surface area (Å²) in [6.45, 7) is 3.34. The molecule has 5 unspecified atom stereocenters. The van der Waals surface area contributed by atoms with E-state index in [1.807, 2.05) is 30.3 Å². The van der Waals surface area contributed by atoms with Crippen molar-refractivity contribution in [2.45, 2.75) is 50.5 Å². The van der Waals surface area contributed by atoms with E-state index in [0.29, 0.717) is 37.6 Å². The Bertz CT molecular complexity index is 1120. The molecule has 10 heteroatoms. The summed E-state index contributed by atoms with van der Waals surface area (Å²) >= 11 is 6.75. The van der Waals surface area contributed by atoms with Crippen LogP contribution in [0, 0.1) is 5.92 Å². The lowest BCUT2D eigenvalue weighted by Crippen LogP contribution is -2.50. The van der Waals surface area contributed by atoms with E-state index in [1.54, 1.807) is 4.90 Å². The van der Waals surface area contributed by atoms with Crippen LogP contribution < -0.4 is 11.1 Å². The molecular weight excluding hydrogens is 510 g/mol. The molecule has 2 amide bonds. The standard InChI is InChI=1S/C28H36ClN3O6/c1-2-17-5-3-6-18(13-17)25-20(7-4-8-21(25)29)26(38-11-9-31-28(35)36)24-16-32(10-12-37-24)27(34)19-14-22(30)23(33)15-19/h3-8,13,19,22-24,26,31,33H,2,9-12,14-16,30H2,1H3,(H,35,36). The van der Waals surface area contributed by atoms with Gasteiger partial charge in [-0.15, -0.1) is 0 Å². The molecule has 1 aliphatic heterocycles. The summed E-state index contributed by atoms with van der Waals surface area (Å²) in [5.41, 5.74) is 9.69. The number of carbonyl (C=O) groups is 2. The number of nitrogens with zero attached hydrogens (tertiary/aromatic N) is 1. The molecule has 38 heavy (non-hydrogen) atoms. The number of amides is 2. The average molecular weight is 546 g/mol. The van der Waals surface area contributed by atoms with E-state index in [-0.39, 0.29) is 25.0 Å². The SMILES string of the molecule is CCc1cccc(-c2c(Cl)cccc2C(OCCNC(=O)O)C2CN(C(=O)C3CC(N)C(O)C3)CCO2)c1. The van der Waals surface area contributed by atoms with Crippen LogP contribution in [0.15, 0.2) is 42.5 Å². The monoisotopic (exact) mass is 545 g/mol. The maximum atomic E-state index is 13.3. The van der Waals surface area contributed by atoms with Crippen molar-refractivity contribution in [2.75, 3.05) is 32.8 Å². The highest BCUT2D eigenvalue weighted by molar-refractivity contribution is 6.33. The van der Waals surface area contributed by atoms with Crippen molar-refractivity contribution < 1.29 is 29.3 Å². The number of carbonyl (C=O) groups excluding carboxylic acids is 1. The molecule has 0 aromatic heterocycles. The number of halogens is 1. The highest BCUT2D eigenvalue weighted by Gasteiger charge is 2.40. The topological polar surface area (TPSA) is 134 Å². The molecule has 206 valence electrons. The van der Waals surface area contributed by atoms with E-state index in [0.717, 1.165) is 23.1 Å². The maximum Gasteiger partial charge on any atom is 0.404 e. The number of carboxylic acid groups (broad SMARTS) is 1. The molecule has 9 nitrogen and oxygen atoms in total. The molecule has 1 saturated heterocycles. The van der Waals surface area contributed by atoms with Crippen molar-refractivity contribution in [3.05, 3.63) is 58.6 Å². The van der Waals surface area contributed by atoms with Crippen LogP contribution in [0.4, 0.5) is 4.79 Å². The highest BCUT2D eigenvalue weighted by atomic mass is 35.5. The zero-order chi connectivity index (χ0) is 27.2. The lowest BCUT2D eigenvalue weighted by Gasteiger charge is -2.38. The minimum atomic E-state index is -1.13. The number of nitrogens with one attached hydrogen (secondary N) is 1. The first-order valence-electron chi connectivity index (χ1n) is 13.1. The fourth-order valence-electron chi connectivity index (χ4n) is 5.34. The van der Waals surface area contributed by atoms with E-state index < -0.39 is 30.4 Å². The summed E-state index contributed by atoms with van der Waals surface area (Å²) in [5.74, 6) is -0.366. The molecule has 4 rings (SSSR count). The summed E-state index contributed by atoms with van der Waals surface area (Å²) in [5, 5.41) is 21.9. The van der Waals surface area contributed by atoms with Crippen molar-refractivity contribution in [3.63, 3.8) is 0 Å². The molecule has 1 saturated carbocycles. The third-order valence-corrected chi connectivity index (χ3v) is 7.64. The summed E-state index contributed by atoms with van der Waals surface area (Å²) in [7, 11) is 0. The third-order valence-electron chi connectivity index (χ3n) is 7.32. The van der Waals surface area contributed by atoms with Crippen molar-refractivity contribution >= 4 is 23.6 Å². The van der Waals surface area contributed by atoms with Gasteiger partial charge in [0.15, 0.2) is 0 Å². The van der Waals surface area contributed by atoms with Gasteiger partial charge in [0.25, 0.3) is 0 Å². The second-order valence-electron chi connectivity index (χ2n) is 9.87. The first-order valence-corrected chi connectivity index (χ1v) is 13.5. The molecule has 2 aromatic rings. The van der Waals surface area contributed by atoms with Crippen LogP contribution >= 0.6 is 11.6 Å². The predicted octanol–water partition coefficient (Wildman–Crippen LogP) is 3.22. The number of benzene rings is 2. The number of hydrogen-bond donors (Lipinski definition) is 4. The predicted molar refractivity (Wildman–Crippen MR) is 144 cm³/mol. The van der Waals surface area contributed by atoms with Gasteiger partial charge in [-0.05, 0) is 42.0 Å². The van der Waals surface area contributed by atoms with Gasteiger partial charge in [-0.1, -0.05) is 54.9 Å². The van der Waals surface area contributed by atoms with Gasteiger partial charge in [-0.25, -0.2) is 4.79 Å². The summed E-state index contributed by atoms with van der Waals surface area (Å²) < 4.78 is 12.4. The lowest BCUT2D eigenvalue weighted by molar-refractivity contribution is -0.152. The Morgan fingerprint density at radius 3 is 2.76 bits per heavy atom. The van der Waals surface area contributed by atoms with E-state index in [2.05, 4.69) is 24.4 Å². The minimum absolute atomic E-state index is 0.0430. The Labute approximate surface area is 227 Å². The van der Waals surface area contributed by atoms with Crippen LogP contribution in [-0.2, 0) is 20.7 Å². The number of ether oxygens (including phenoxy) is 2. The number of aryl methyl sites for hydroxylation is 1. The Hall–Kier alpha value is -2.69. The first-order chi connectivity index (χ1) is 18.3. The van der Waals surface area contributed by atoms with Gasteiger partial charge in [0, 0.05) is 42.2 Å². The number of aliphatic hydroxyl groups excluding tert-OH is 1. The van der Waals surface area contributed by atoms with Crippen LogP contribution in [0.5, 0.6) is 0 Å². The van der Waals surface area contributed by atoms with Crippen molar-refractivity contribution in [2.24, 2.45) is 11.7 Å². The normalized spacial score (nSPS) is 24.3. The fraction of sp³-hybridized carbons (Fsp3) is 0.500. The first kappa shape index (κ1) is 28.3. The molecule has 0 bridgehead atoms. The quantitative estimate of drug-likeness (QED) is 0.355. The lowest BCUT2D eigenvalue weighted by atomic mass is 9.91. The fourth-order valence-corrected chi connectivity index (χ4v) is 5.63. The van der Waals surface area contributed by atoms with Crippen molar-refractivity contribution in [1.82, 2.24) is 10.2 Å². The molecule has 5 N–H and O–H groups in total. The highest BCUT2D eigenvalue weighted by Crippen LogP contribution is 2.39. The van der Waals surface area contributed by atoms with Crippen LogP contribution in [-0.4, -0.2) is 78.2 Å². The molecule has 0 spiro atoms. The van der Waals surface area contributed by atoms with E-state index in [9.17, 15) is 14.7 Å². The summed E-state index contributed by atoms with van der Waals surface area (Å²) in [6, 6.07) is 13.4. The third kappa shape index (κ3) is 6.65. The molecular formula is C28H36ClN3O6. The van der Waals surface area contributed by atoms with Crippen LogP contribution in [0.3, 0.4) is 0 Å². The van der Waals surface area contributed by atoms with E-state index in [4.69, 9.17) is 31.9 Å². The summed E-state index contributed by atoms with van der Waals surface area (Å²) in [6.07, 6.45) is -1.25.